The van der Waals surface area contributed by atoms with Gasteiger partial charge in [-0.25, -0.2) is 9.97 Å². The minimum absolute atomic E-state index is 0.136. The van der Waals surface area contributed by atoms with Gasteiger partial charge in [0, 0.05) is 7.05 Å². The number of fused-ring (bicyclic) bond motifs is 2. The topological polar surface area (TPSA) is 58.1 Å². The van der Waals surface area contributed by atoms with Gasteiger partial charge in [0.1, 0.15) is 11.5 Å². The molecule has 0 unspecified atom stereocenters. The highest BCUT2D eigenvalue weighted by Crippen LogP contribution is 2.34. The van der Waals surface area contributed by atoms with Gasteiger partial charge in [0.25, 0.3) is 5.91 Å². The van der Waals surface area contributed by atoms with Gasteiger partial charge in [-0.2, -0.15) is 0 Å². The van der Waals surface area contributed by atoms with Gasteiger partial charge in [-0.1, -0.05) is 12.1 Å². The molecule has 0 radical (unpaired) electrons. The molecule has 0 bridgehead atoms. The van der Waals surface area contributed by atoms with Gasteiger partial charge in [-0.05, 0) is 19.1 Å². The molecule has 1 aliphatic rings. The second kappa shape index (κ2) is 3.80. The minimum Gasteiger partial charge on any atom is -0.327 e. The third-order valence-corrected chi connectivity index (χ3v) is 2.97. The number of nitrogens with zero attached hydrogens (tertiary/aromatic N) is 3. The first-order valence-corrected chi connectivity index (χ1v) is 5.64. The largest absolute Gasteiger partial charge is 0.327 e. The molecule has 3 rings (SSSR count). The second-order valence-corrected chi connectivity index (χ2v) is 4.18. The average molecular weight is 240 g/mol. The standard InChI is InChI=1S/C13H12N4O/c1-8-14-7-10-12(15-8)17(2)11-6-4-3-5-9(11)13(18)16-10/h3-7H,1-2H3,(H,16,18). The Morgan fingerprint density at radius 2 is 2.06 bits per heavy atom. The number of aryl methyl sites for hydroxylation is 1. The molecule has 90 valence electrons. The van der Waals surface area contributed by atoms with Crippen LogP contribution in [0.1, 0.15) is 16.2 Å². The maximum atomic E-state index is 12.1. The number of carbonyl (C=O) groups excluding carboxylic acids is 1. The Morgan fingerprint density at radius 1 is 1.28 bits per heavy atom. The number of para-hydroxylation sites is 1. The number of amides is 1. The summed E-state index contributed by atoms with van der Waals surface area (Å²) in [5.41, 5.74) is 2.10. The molecular formula is C13H12N4O. The summed E-state index contributed by atoms with van der Waals surface area (Å²) in [7, 11) is 1.89. The molecule has 0 atom stereocenters. The number of aromatic nitrogens is 2. The minimum atomic E-state index is -0.136. The zero-order valence-electron chi connectivity index (χ0n) is 10.1. The fourth-order valence-electron chi connectivity index (χ4n) is 2.06. The maximum Gasteiger partial charge on any atom is 0.257 e. The van der Waals surface area contributed by atoms with Crippen LogP contribution in [0.4, 0.5) is 17.2 Å². The van der Waals surface area contributed by atoms with E-state index in [1.54, 1.807) is 12.3 Å². The molecule has 1 N–H and O–H groups in total. The van der Waals surface area contributed by atoms with Gasteiger partial charge >= 0.3 is 0 Å². The Labute approximate surface area is 104 Å². The lowest BCUT2D eigenvalue weighted by molar-refractivity contribution is 0.102. The van der Waals surface area contributed by atoms with Crippen LogP contribution in [0.25, 0.3) is 0 Å². The van der Waals surface area contributed by atoms with E-state index in [-0.39, 0.29) is 5.91 Å². The Bertz CT molecular complexity index is 639. The third-order valence-electron chi connectivity index (χ3n) is 2.97. The monoisotopic (exact) mass is 240 g/mol. The number of hydrogen-bond donors (Lipinski definition) is 1. The molecule has 18 heavy (non-hydrogen) atoms. The molecule has 0 fully saturated rings. The van der Waals surface area contributed by atoms with E-state index in [1.165, 1.54) is 0 Å². The first-order valence-electron chi connectivity index (χ1n) is 5.64. The van der Waals surface area contributed by atoms with Crippen molar-refractivity contribution in [3.8, 4) is 0 Å². The smallest absolute Gasteiger partial charge is 0.257 e. The first kappa shape index (κ1) is 10.7. The fourth-order valence-corrected chi connectivity index (χ4v) is 2.06. The van der Waals surface area contributed by atoms with E-state index < -0.39 is 0 Å². The van der Waals surface area contributed by atoms with Crippen molar-refractivity contribution in [3.63, 3.8) is 0 Å². The van der Waals surface area contributed by atoms with Crippen molar-refractivity contribution < 1.29 is 4.79 Å². The van der Waals surface area contributed by atoms with Crippen molar-refractivity contribution in [3.05, 3.63) is 41.9 Å². The number of anilines is 3. The summed E-state index contributed by atoms with van der Waals surface area (Å²) in [4.78, 5) is 22.5. The van der Waals surface area contributed by atoms with E-state index in [9.17, 15) is 4.79 Å². The Hall–Kier alpha value is -2.43. The van der Waals surface area contributed by atoms with Crippen molar-refractivity contribution in [2.45, 2.75) is 6.92 Å². The van der Waals surface area contributed by atoms with E-state index in [2.05, 4.69) is 15.3 Å². The van der Waals surface area contributed by atoms with E-state index in [0.29, 0.717) is 22.9 Å². The van der Waals surface area contributed by atoms with Crippen LogP contribution in [0.3, 0.4) is 0 Å². The van der Waals surface area contributed by atoms with Crippen LogP contribution in [0.15, 0.2) is 30.5 Å². The molecule has 0 aliphatic carbocycles. The van der Waals surface area contributed by atoms with E-state index in [4.69, 9.17) is 0 Å². The van der Waals surface area contributed by atoms with Gasteiger partial charge in [0.15, 0.2) is 5.82 Å². The summed E-state index contributed by atoms with van der Waals surface area (Å²) in [5, 5.41) is 2.83. The zero-order chi connectivity index (χ0) is 12.7. The molecule has 0 saturated heterocycles. The molecule has 1 amide bonds. The van der Waals surface area contributed by atoms with Crippen molar-refractivity contribution in [2.24, 2.45) is 0 Å². The highest BCUT2D eigenvalue weighted by Gasteiger charge is 2.23. The SMILES string of the molecule is Cc1ncc2c(n1)N(C)c1ccccc1C(=O)N2. The van der Waals surface area contributed by atoms with E-state index >= 15 is 0 Å². The lowest BCUT2D eigenvalue weighted by Crippen LogP contribution is -2.13. The number of benzene rings is 1. The fraction of sp³-hybridized carbons (Fsp3) is 0.154. The summed E-state index contributed by atoms with van der Waals surface area (Å²) in [6.07, 6.45) is 1.64. The Kier molecular flexibility index (Phi) is 2.26. The first-order chi connectivity index (χ1) is 8.66. The van der Waals surface area contributed by atoms with Crippen LogP contribution in [0.2, 0.25) is 0 Å². The molecule has 1 aromatic heterocycles. The van der Waals surface area contributed by atoms with Crippen molar-refractivity contribution in [1.82, 2.24) is 9.97 Å². The normalized spacial score (nSPS) is 13.4. The molecule has 5 heteroatoms. The van der Waals surface area contributed by atoms with Crippen molar-refractivity contribution >= 4 is 23.1 Å². The molecule has 2 heterocycles. The lowest BCUT2D eigenvalue weighted by Gasteiger charge is -2.19. The number of carbonyl (C=O) groups is 1. The maximum absolute atomic E-state index is 12.1. The molecule has 0 spiro atoms. The van der Waals surface area contributed by atoms with E-state index in [0.717, 1.165) is 5.69 Å². The summed E-state index contributed by atoms with van der Waals surface area (Å²) in [5.74, 6) is 1.25. The predicted octanol–water partition coefficient (Wildman–Crippen LogP) is 2.12. The highest BCUT2D eigenvalue weighted by atomic mass is 16.1. The van der Waals surface area contributed by atoms with Gasteiger partial charge in [-0.15, -0.1) is 0 Å². The molecule has 2 aromatic rings. The number of rotatable bonds is 0. The highest BCUT2D eigenvalue weighted by molar-refractivity contribution is 6.11. The molecule has 1 aliphatic heterocycles. The van der Waals surface area contributed by atoms with Crippen molar-refractivity contribution in [1.29, 1.82) is 0 Å². The molecule has 5 nitrogen and oxygen atoms in total. The van der Waals surface area contributed by atoms with Gasteiger partial charge in [-0.3, -0.25) is 4.79 Å². The van der Waals surface area contributed by atoms with Crippen LogP contribution in [-0.4, -0.2) is 22.9 Å². The molecular weight excluding hydrogens is 228 g/mol. The summed E-state index contributed by atoms with van der Waals surface area (Å²) >= 11 is 0. The van der Waals surface area contributed by atoms with Crippen LogP contribution in [0.5, 0.6) is 0 Å². The molecule has 0 saturated carbocycles. The third kappa shape index (κ3) is 1.52. The summed E-state index contributed by atoms with van der Waals surface area (Å²) in [6, 6.07) is 7.45. The molecule has 1 aromatic carbocycles. The van der Waals surface area contributed by atoms with Crippen LogP contribution in [0, 0.1) is 6.92 Å². The van der Waals surface area contributed by atoms with Crippen molar-refractivity contribution in [2.75, 3.05) is 17.3 Å². The quantitative estimate of drug-likeness (QED) is 0.766. The Morgan fingerprint density at radius 3 is 2.89 bits per heavy atom. The van der Waals surface area contributed by atoms with E-state index in [1.807, 2.05) is 37.1 Å². The predicted molar refractivity (Wildman–Crippen MR) is 69.2 cm³/mol. The van der Waals surface area contributed by atoms with Gasteiger partial charge in [0.05, 0.1) is 17.4 Å². The average Bonchev–Trinajstić information content (AvgIpc) is 2.48. The zero-order valence-corrected chi connectivity index (χ0v) is 10.1. The Balaban J connectivity index is 2.26. The van der Waals surface area contributed by atoms with Crippen LogP contribution in [-0.2, 0) is 0 Å². The summed E-state index contributed by atoms with van der Waals surface area (Å²) < 4.78 is 0. The van der Waals surface area contributed by atoms with Gasteiger partial charge in [0.2, 0.25) is 0 Å². The summed E-state index contributed by atoms with van der Waals surface area (Å²) in [6.45, 7) is 1.83. The van der Waals surface area contributed by atoms with Crippen LogP contribution < -0.4 is 10.2 Å². The van der Waals surface area contributed by atoms with Crippen LogP contribution >= 0.6 is 0 Å². The number of hydrogen-bond acceptors (Lipinski definition) is 4. The lowest BCUT2D eigenvalue weighted by atomic mass is 10.1. The van der Waals surface area contributed by atoms with Gasteiger partial charge < -0.3 is 10.2 Å². The number of nitrogens with one attached hydrogen (secondary N) is 1. The second-order valence-electron chi connectivity index (χ2n) is 4.18.